The topological polar surface area (TPSA) is 17.8 Å². The molecule has 0 aliphatic carbocycles. The van der Waals surface area contributed by atoms with E-state index in [1.807, 2.05) is 6.07 Å². The molecule has 1 heterocycles. The van der Waals surface area contributed by atoms with E-state index in [0.29, 0.717) is 0 Å². The lowest BCUT2D eigenvalue weighted by atomic mass is 10.1. The van der Waals surface area contributed by atoms with E-state index in [1.165, 1.54) is 11.3 Å². The predicted molar refractivity (Wildman–Crippen MR) is 76.3 cm³/mol. The van der Waals surface area contributed by atoms with Crippen molar-refractivity contribution >= 4 is 11.6 Å². The summed E-state index contributed by atoms with van der Waals surface area (Å²) in [4.78, 5) is 0. The Kier molecular flexibility index (Phi) is 4.07. The average Bonchev–Trinajstić information content (AvgIpc) is 2.75. The van der Waals surface area contributed by atoms with Gasteiger partial charge in [-0.05, 0) is 43.0 Å². The molecular weight excluding hydrogens is 244 g/mol. The summed E-state index contributed by atoms with van der Waals surface area (Å²) in [5.74, 6) is 0. The van der Waals surface area contributed by atoms with Crippen molar-refractivity contribution in [3.8, 4) is 0 Å². The zero-order valence-corrected chi connectivity index (χ0v) is 12.0. The molecule has 0 atom stereocenters. The molecule has 96 valence electrons. The lowest BCUT2D eigenvalue weighted by Crippen LogP contribution is -2.06. The molecule has 0 unspecified atom stereocenters. The Morgan fingerprint density at radius 2 is 1.94 bits per heavy atom. The number of benzene rings is 1. The Hall–Kier alpha value is -1.28. The first-order valence-corrected chi connectivity index (χ1v) is 6.82. The van der Waals surface area contributed by atoms with Crippen LogP contribution in [0.25, 0.3) is 0 Å². The summed E-state index contributed by atoms with van der Waals surface area (Å²) < 4.78 is 2.06. The summed E-state index contributed by atoms with van der Waals surface area (Å²) in [5.41, 5.74) is 4.73. The van der Waals surface area contributed by atoms with Crippen molar-refractivity contribution in [2.45, 2.75) is 40.2 Å². The molecule has 1 aromatic heterocycles. The van der Waals surface area contributed by atoms with Gasteiger partial charge < -0.3 is 0 Å². The Balaban J connectivity index is 2.30. The highest BCUT2D eigenvalue weighted by Gasteiger charge is 2.08. The molecule has 0 spiro atoms. The smallest absolute Gasteiger partial charge is 0.0677 e. The van der Waals surface area contributed by atoms with Gasteiger partial charge in [-0.25, -0.2) is 0 Å². The maximum Gasteiger partial charge on any atom is 0.0677 e. The Labute approximate surface area is 114 Å². The largest absolute Gasteiger partial charge is 0.265 e. The fourth-order valence-corrected chi connectivity index (χ4v) is 2.35. The molecule has 0 aliphatic rings. The molecule has 2 rings (SSSR count). The van der Waals surface area contributed by atoms with Gasteiger partial charge in [0, 0.05) is 10.7 Å². The van der Waals surface area contributed by atoms with Crippen LogP contribution < -0.4 is 0 Å². The summed E-state index contributed by atoms with van der Waals surface area (Å²) in [6, 6.07) is 8.37. The third kappa shape index (κ3) is 2.75. The molecule has 0 saturated carbocycles. The lowest BCUT2D eigenvalue weighted by molar-refractivity contribution is 0.640. The van der Waals surface area contributed by atoms with E-state index in [1.54, 1.807) is 0 Å². The van der Waals surface area contributed by atoms with Crippen LogP contribution in [0.3, 0.4) is 0 Å². The van der Waals surface area contributed by atoms with Crippen LogP contribution in [0, 0.1) is 6.92 Å². The van der Waals surface area contributed by atoms with Gasteiger partial charge in [0.1, 0.15) is 0 Å². The summed E-state index contributed by atoms with van der Waals surface area (Å²) in [6.45, 7) is 7.09. The monoisotopic (exact) mass is 262 g/mol. The van der Waals surface area contributed by atoms with E-state index in [-0.39, 0.29) is 0 Å². The molecule has 0 aliphatic heterocycles. The highest BCUT2D eigenvalue weighted by atomic mass is 35.5. The molecular formula is C15H19ClN2. The molecule has 0 N–H and O–H groups in total. The van der Waals surface area contributed by atoms with Crippen LogP contribution in [0.2, 0.25) is 5.02 Å². The zero-order valence-electron chi connectivity index (χ0n) is 11.2. The second-order valence-corrected chi connectivity index (χ2v) is 4.99. The first-order valence-electron chi connectivity index (χ1n) is 6.44. The van der Waals surface area contributed by atoms with E-state index in [2.05, 4.69) is 48.8 Å². The van der Waals surface area contributed by atoms with Crippen molar-refractivity contribution in [2.24, 2.45) is 0 Å². The van der Waals surface area contributed by atoms with Gasteiger partial charge in [0.15, 0.2) is 0 Å². The maximum atomic E-state index is 6.27. The second kappa shape index (κ2) is 5.57. The number of aromatic nitrogens is 2. The number of hydrogen-bond acceptors (Lipinski definition) is 1. The van der Waals surface area contributed by atoms with Crippen molar-refractivity contribution in [3.05, 3.63) is 51.8 Å². The first-order chi connectivity index (χ1) is 8.63. The van der Waals surface area contributed by atoms with Gasteiger partial charge in [0.25, 0.3) is 0 Å². The van der Waals surface area contributed by atoms with Crippen molar-refractivity contribution in [3.63, 3.8) is 0 Å². The lowest BCUT2D eigenvalue weighted by Gasteiger charge is -2.08. The fraction of sp³-hybridized carbons (Fsp3) is 0.400. The summed E-state index contributed by atoms with van der Waals surface area (Å²) in [5, 5.41) is 5.44. The average molecular weight is 263 g/mol. The van der Waals surface area contributed by atoms with Crippen molar-refractivity contribution in [1.82, 2.24) is 9.78 Å². The number of nitrogens with zero attached hydrogens (tertiary/aromatic N) is 2. The van der Waals surface area contributed by atoms with Crippen molar-refractivity contribution in [1.29, 1.82) is 0 Å². The van der Waals surface area contributed by atoms with Crippen LogP contribution in [-0.2, 0) is 19.4 Å². The summed E-state index contributed by atoms with van der Waals surface area (Å²) >= 11 is 6.27. The molecule has 18 heavy (non-hydrogen) atoms. The van der Waals surface area contributed by atoms with Crippen molar-refractivity contribution in [2.75, 3.05) is 0 Å². The van der Waals surface area contributed by atoms with Gasteiger partial charge in [0.05, 0.1) is 12.2 Å². The van der Waals surface area contributed by atoms with Gasteiger partial charge in [-0.15, -0.1) is 0 Å². The minimum Gasteiger partial charge on any atom is -0.265 e. The Bertz CT molecular complexity index is 543. The third-order valence-electron chi connectivity index (χ3n) is 3.17. The number of aryl methyl sites for hydroxylation is 3. The SMILES string of the molecule is CCc1cc(CC)n(Cc2ccc(C)cc2Cl)n1. The standard InChI is InChI=1S/C15H19ClN2/c1-4-13-9-14(5-2)18(17-13)10-12-7-6-11(3)8-15(12)16/h6-9H,4-5,10H2,1-3H3. The Morgan fingerprint density at radius 3 is 2.56 bits per heavy atom. The van der Waals surface area contributed by atoms with Crippen LogP contribution in [0.4, 0.5) is 0 Å². The molecule has 1 aromatic carbocycles. The van der Waals surface area contributed by atoms with E-state index in [0.717, 1.165) is 35.7 Å². The minimum absolute atomic E-state index is 0.752. The van der Waals surface area contributed by atoms with Gasteiger partial charge >= 0.3 is 0 Å². The van der Waals surface area contributed by atoms with Crippen LogP contribution in [0.15, 0.2) is 24.3 Å². The molecule has 2 aromatic rings. The molecule has 0 bridgehead atoms. The van der Waals surface area contributed by atoms with Crippen molar-refractivity contribution < 1.29 is 0 Å². The van der Waals surface area contributed by atoms with Crippen LogP contribution in [0.5, 0.6) is 0 Å². The molecule has 0 amide bonds. The minimum atomic E-state index is 0.752. The molecule has 2 nitrogen and oxygen atoms in total. The van der Waals surface area contributed by atoms with Gasteiger partial charge in [-0.1, -0.05) is 37.6 Å². The highest BCUT2D eigenvalue weighted by molar-refractivity contribution is 6.31. The van der Waals surface area contributed by atoms with E-state index in [9.17, 15) is 0 Å². The van der Waals surface area contributed by atoms with Gasteiger partial charge in [-0.2, -0.15) is 5.10 Å². The molecule has 0 saturated heterocycles. The van der Waals surface area contributed by atoms with E-state index in [4.69, 9.17) is 11.6 Å². The number of halogens is 1. The van der Waals surface area contributed by atoms with Crippen LogP contribution in [0.1, 0.15) is 36.4 Å². The Morgan fingerprint density at radius 1 is 1.17 bits per heavy atom. The zero-order chi connectivity index (χ0) is 13.1. The predicted octanol–water partition coefficient (Wildman–Crippen LogP) is 4.02. The summed E-state index contributed by atoms with van der Waals surface area (Å²) in [7, 11) is 0. The number of rotatable bonds is 4. The second-order valence-electron chi connectivity index (χ2n) is 4.59. The highest BCUT2D eigenvalue weighted by Crippen LogP contribution is 2.19. The molecule has 3 heteroatoms. The molecule has 0 fully saturated rings. The van der Waals surface area contributed by atoms with E-state index < -0.39 is 0 Å². The van der Waals surface area contributed by atoms with Crippen LogP contribution >= 0.6 is 11.6 Å². The van der Waals surface area contributed by atoms with E-state index >= 15 is 0 Å². The fourth-order valence-electron chi connectivity index (χ4n) is 2.05. The number of hydrogen-bond donors (Lipinski definition) is 0. The molecule has 0 radical (unpaired) electrons. The maximum absolute atomic E-state index is 6.27. The normalized spacial score (nSPS) is 10.9. The van der Waals surface area contributed by atoms with Gasteiger partial charge in [-0.3, -0.25) is 4.68 Å². The summed E-state index contributed by atoms with van der Waals surface area (Å²) in [6.07, 6.45) is 1.97. The first kappa shape index (κ1) is 13.2. The quantitative estimate of drug-likeness (QED) is 0.814. The third-order valence-corrected chi connectivity index (χ3v) is 3.52. The van der Waals surface area contributed by atoms with Gasteiger partial charge in [0.2, 0.25) is 0 Å². The van der Waals surface area contributed by atoms with Crippen LogP contribution in [-0.4, -0.2) is 9.78 Å².